The topological polar surface area (TPSA) is 41.5 Å². The smallest absolute Gasteiger partial charge is 0.210 e. The fraction of sp³-hybridized carbons (Fsp3) is 0.571. The molecule has 3 nitrogen and oxygen atoms in total. The molecule has 0 N–H and O–H groups in total. The molecule has 0 aromatic heterocycles. The standard InChI is InChI=1S/C28H40Cl2O3P/c1-25(2,3)19-13-17(29)14-20(26(4,5)6)23(19)32-34(31)33-24-21(27(7,8)9)15-18(30)16-22(24)28(10,11)12/h13-16H,1-12H3/q-1. The van der Waals surface area contributed by atoms with Gasteiger partial charge in [-0.3, -0.25) is 0 Å². The molecule has 0 saturated heterocycles. The van der Waals surface area contributed by atoms with Crippen LogP contribution in [0.1, 0.15) is 105 Å². The van der Waals surface area contributed by atoms with Crippen LogP contribution in [-0.4, -0.2) is 0 Å². The highest BCUT2D eigenvalue weighted by molar-refractivity contribution is 7.40. The molecule has 0 aliphatic carbocycles. The summed E-state index contributed by atoms with van der Waals surface area (Å²) in [5.74, 6) is 1.13. The van der Waals surface area contributed by atoms with Crippen molar-refractivity contribution in [2.75, 3.05) is 0 Å². The van der Waals surface area contributed by atoms with Crippen molar-refractivity contribution in [3.8, 4) is 11.5 Å². The summed E-state index contributed by atoms with van der Waals surface area (Å²) in [6.07, 6.45) is 0. The van der Waals surface area contributed by atoms with Crippen LogP contribution in [0.3, 0.4) is 0 Å². The molecule has 0 bridgehead atoms. The Kier molecular flexibility index (Phi) is 8.44. The first-order chi connectivity index (χ1) is 15.1. The van der Waals surface area contributed by atoms with Gasteiger partial charge in [0.05, 0.1) is 0 Å². The van der Waals surface area contributed by atoms with Gasteiger partial charge in [0.15, 0.2) is 0 Å². The average molecular weight is 527 g/mol. The molecule has 0 unspecified atom stereocenters. The predicted octanol–water partition coefficient (Wildman–Crippen LogP) is 9.23. The highest BCUT2D eigenvalue weighted by Gasteiger charge is 2.31. The van der Waals surface area contributed by atoms with Crippen molar-refractivity contribution in [1.29, 1.82) is 0 Å². The number of hydrogen-bond acceptors (Lipinski definition) is 3. The quantitative estimate of drug-likeness (QED) is 0.373. The molecule has 0 aliphatic rings. The third kappa shape index (κ3) is 7.03. The van der Waals surface area contributed by atoms with E-state index in [1.165, 1.54) is 0 Å². The van der Waals surface area contributed by atoms with E-state index in [2.05, 4.69) is 83.1 Å². The summed E-state index contributed by atoms with van der Waals surface area (Å²) in [7, 11) is -2.54. The predicted molar refractivity (Wildman–Crippen MR) is 146 cm³/mol. The zero-order valence-electron chi connectivity index (χ0n) is 22.7. The van der Waals surface area contributed by atoms with Crippen molar-refractivity contribution >= 4 is 31.8 Å². The lowest BCUT2D eigenvalue weighted by molar-refractivity contribution is -0.189. The van der Waals surface area contributed by atoms with Crippen molar-refractivity contribution in [3.63, 3.8) is 0 Å². The third-order valence-electron chi connectivity index (χ3n) is 5.67. The van der Waals surface area contributed by atoms with E-state index >= 15 is 0 Å². The van der Waals surface area contributed by atoms with Gasteiger partial charge in [-0.1, -0.05) is 106 Å². The lowest BCUT2D eigenvalue weighted by Crippen LogP contribution is -2.22. The summed E-state index contributed by atoms with van der Waals surface area (Å²) in [5.41, 5.74) is 2.46. The molecule has 190 valence electrons. The van der Waals surface area contributed by atoms with E-state index in [9.17, 15) is 4.89 Å². The fourth-order valence-corrected chi connectivity index (χ4v) is 4.95. The Labute approximate surface area is 218 Å². The Morgan fingerprint density at radius 2 is 0.735 bits per heavy atom. The zero-order chi connectivity index (χ0) is 26.4. The molecule has 0 amide bonds. The third-order valence-corrected chi connectivity index (χ3v) is 6.77. The molecule has 0 radical (unpaired) electrons. The van der Waals surface area contributed by atoms with Crippen LogP contribution in [0.2, 0.25) is 10.0 Å². The van der Waals surface area contributed by atoms with Gasteiger partial charge in [0.2, 0.25) is 8.60 Å². The van der Waals surface area contributed by atoms with Gasteiger partial charge in [-0.05, 0) is 45.9 Å². The first-order valence-corrected chi connectivity index (χ1v) is 13.5. The molecular weight excluding hydrogens is 486 g/mol. The van der Waals surface area contributed by atoms with E-state index in [4.69, 9.17) is 32.2 Å². The maximum absolute atomic E-state index is 13.5. The van der Waals surface area contributed by atoms with Crippen molar-refractivity contribution < 1.29 is 13.9 Å². The molecule has 0 spiro atoms. The van der Waals surface area contributed by atoms with Crippen LogP contribution in [0.15, 0.2) is 24.3 Å². The van der Waals surface area contributed by atoms with Crippen molar-refractivity contribution in [2.45, 2.75) is 105 Å². The number of halogens is 2. The van der Waals surface area contributed by atoms with Crippen LogP contribution in [0.4, 0.5) is 0 Å². The van der Waals surface area contributed by atoms with E-state index in [-0.39, 0.29) is 21.7 Å². The van der Waals surface area contributed by atoms with Crippen LogP contribution < -0.4 is 13.9 Å². The van der Waals surface area contributed by atoms with Gasteiger partial charge in [0.1, 0.15) is 11.5 Å². The second-order valence-electron chi connectivity index (χ2n) is 13.1. The van der Waals surface area contributed by atoms with Crippen molar-refractivity contribution in [2.24, 2.45) is 0 Å². The molecule has 0 atom stereocenters. The molecule has 2 aromatic rings. The number of rotatable bonds is 4. The van der Waals surface area contributed by atoms with E-state index in [0.717, 1.165) is 22.3 Å². The second-order valence-corrected chi connectivity index (χ2v) is 14.8. The minimum absolute atomic E-state index is 0.274. The van der Waals surface area contributed by atoms with E-state index in [1.807, 2.05) is 24.3 Å². The molecule has 0 aliphatic heterocycles. The Hall–Kier alpha value is -0.990. The van der Waals surface area contributed by atoms with Crippen LogP contribution in [0.5, 0.6) is 11.5 Å². The monoisotopic (exact) mass is 525 g/mol. The summed E-state index contributed by atoms with van der Waals surface area (Å²) in [6.45, 7) is 25.0. The minimum atomic E-state index is -2.54. The molecule has 0 heterocycles. The van der Waals surface area contributed by atoms with Gasteiger partial charge < -0.3 is 13.9 Å². The SMILES string of the molecule is CC(C)(C)c1cc(Cl)cc(C(C)(C)C)c1OP([O-])Oc1c(C(C)(C)C)cc(Cl)cc1C(C)(C)C. The van der Waals surface area contributed by atoms with Gasteiger partial charge in [-0.15, -0.1) is 0 Å². The first-order valence-electron chi connectivity index (χ1n) is 11.6. The van der Waals surface area contributed by atoms with Gasteiger partial charge in [-0.2, -0.15) is 0 Å². The van der Waals surface area contributed by atoms with Crippen LogP contribution >= 0.6 is 31.8 Å². The second kappa shape index (κ2) is 9.81. The van der Waals surface area contributed by atoms with Crippen molar-refractivity contribution in [1.82, 2.24) is 0 Å². The fourth-order valence-electron chi connectivity index (χ4n) is 3.78. The molecule has 2 rings (SSSR count). The Morgan fingerprint density at radius 1 is 0.529 bits per heavy atom. The molecule has 34 heavy (non-hydrogen) atoms. The van der Waals surface area contributed by atoms with Gasteiger partial charge >= 0.3 is 0 Å². The Morgan fingerprint density at radius 3 is 0.912 bits per heavy atom. The summed E-state index contributed by atoms with van der Waals surface area (Å²) < 4.78 is 12.3. The van der Waals surface area contributed by atoms with E-state index < -0.39 is 8.60 Å². The maximum atomic E-state index is 13.5. The van der Waals surface area contributed by atoms with Gasteiger partial charge in [0.25, 0.3) is 0 Å². The van der Waals surface area contributed by atoms with Crippen molar-refractivity contribution in [3.05, 3.63) is 56.6 Å². The minimum Gasteiger partial charge on any atom is -0.765 e. The maximum Gasteiger partial charge on any atom is 0.210 e. The molecule has 2 aromatic carbocycles. The molecule has 0 fully saturated rings. The summed E-state index contributed by atoms with van der Waals surface area (Å²) >= 11 is 13.0. The zero-order valence-corrected chi connectivity index (χ0v) is 25.1. The lowest BCUT2D eigenvalue weighted by atomic mass is 9.79. The summed E-state index contributed by atoms with van der Waals surface area (Å²) in [5, 5.41) is 1.25. The van der Waals surface area contributed by atoms with Gasteiger partial charge in [0, 0.05) is 32.3 Å². The summed E-state index contributed by atoms with van der Waals surface area (Å²) in [6, 6.07) is 7.55. The van der Waals surface area contributed by atoms with E-state index in [0.29, 0.717) is 21.5 Å². The number of hydrogen-bond donors (Lipinski definition) is 0. The Balaban J connectivity index is 2.65. The molecule has 6 heteroatoms. The number of benzene rings is 2. The first kappa shape index (κ1) is 29.2. The molecule has 0 saturated carbocycles. The largest absolute Gasteiger partial charge is 0.765 e. The highest BCUT2D eigenvalue weighted by Crippen LogP contribution is 2.49. The lowest BCUT2D eigenvalue weighted by Gasteiger charge is -2.35. The normalized spacial score (nSPS) is 13.4. The van der Waals surface area contributed by atoms with Gasteiger partial charge in [-0.25, -0.2) is 0 Å². The van der Waals surface area contributed by atoms with Crippen LogP contribution in [0, 0.1) is 0 Å². The van der Waals surface area contributed by atoms with E-state index in [1.54, 1.807) is 0 Å². The average Bonchev–Trinajstić information content (AvgIpc) is 2.60. The highest BCUT2D eigenvalue weighted by atomic mass is 35.5. The molecular formula is C28H40Cl2O3P-. The van der Waals surface area contributed by atoms with Crippen LogP contribution in [-0.2, 0) is 21.7 Å². The Bertz CT molecular complexity index is 882. The van der Waals surface area contributed by atoms with Crippen LogP contribution in [0.25, 0.3) is 0 Å². The summed E-state index contributed by atoms with van der Waals surface area (Å²) in [4.78, 5) is 13.5.